The van der Waals surface area contributed by atoms with Gasteiger partial charge in [-0.1, -0.05) is 33.1 Å². The van der Waals surface area contributed by atoms with E-state index in [4.69, 9.17) is 14.6 Å². The van der Waals surface area contributed by atoms with Crippen molar-refractivity contribution < 1.29 is 29.0 Å². The maximum absolute atomic E-state index is 11.7. The van der Waals surface area contributed by atoms with Crippen LogP contribution in [-0.2, 0) is 23.9 Å². The fraction of sp³-hybridized carbons (Fsp3) is 0.833. The van der Waals surface area contributed by atoms with E-state index in [1.54, 1.807) is 0 Å². The van der Waals surface area contributed by atoms with E-state index in [2.05, 4.69) is 13.8 Å². The van der Waals surface area contributed by atoms with E-state index in [0.717, 1.165) is 25.7 Å². The average Bonchev–Trinajstić information content (AvgIpc) is 2.56. The lowest BCUT2D eigenvalue weighted by Gasteiger charge is -2.14. The van der Waals surface area contributed by atoms with Gasteiger partial charge in [-0.25, -0.2) is 0 Å². The Labute approximate surface area is 144 Å². The van der Waals surface area contributed by atoms with Crippen molar-refractivity contribution in [1.82, 2.24) is 0 Å². The van der Waals surface area contributed by atoms with Gasteiger partial charge in [-0.15, -0.1) is 0 Å². The highest BCUT2D eigenvalue weighted by atomic mass is 16.5. The summed E-state index contributed by atoms with van der Waals surface area (Å²) in [5.74, 6) is -1.21. The van der Waals surface area contributed by atoms with Gasteiger partial charge >= 0.3 is 17.9 Å². The molecule has 1 N–H and O–H groups in total. The second-order valence-electron chi connectivity index (χ2n) is 6.02. The van der Waals surface area contributed by atoms with Gasteiger partial charge in [0.15, 0.2) is 0 Å². The van der Waals surface area contributed by atoms with E-state index in [1.807, 2.05) is 0 Å². The van der Waals surface area contributed by atoms with Crippen molar-refractivity contribution in [2.45, 2.75) is 78.1 Å². The Bertz CT molecular complexity index is 367. The van der Waals surface area contributed by atoms with Crippen LogP contribution < -0.4 is 0 Å². The topological polar surface area (TPSA) is 89.9 Å². The number of rotatable bonds is 15. The number of esters is 2. The second-order valence-corrected chi connectivity index (χ2v) is 6.02. The van der Waals surface area contributed by atoms with Gasteiger partial charge in [0.1, 0.15) is 0 Å². The molecule has 0 spiro atoms. The Kier molecular flexibility index (Phi) is 14.0. The van der Waals surface area contributed by atoms with Crippen LogP contribution >= 0.6 is 0 Å². The molecule has 0 saturated carbocycles. The van der Waals surface area contributed by atoms with Crippen LogP contribution in [0.1, 0.15) is 78.1 Å². The molecule has 0 aromatic heterocycles. The first-order valence-corrected chi connectivity index (χ1v) is 9.02. The number of carboxylic acids is 1. The van der Waals surface area contributed by atoms with Crippen LogP contribution in [0.5, 0.6) is 0 Å². The van der Waals surface area contributed by atoms with Gasteiger partial charge in [0.25, 0.3) is 0 Å². The zero-order chi connectivity index (χ0) is 18.2. The van der Waals surface area contributed by atoms with Crippen LogP contribution in [0.4, 0.5) is 0 Å². The minimum atomic E-state index is -1.01. The van der Waals surface area contributed by atoms with Crippen molar-refractivity contribution in [3.8, 4) is 0 Å². The van der Waals surface area contributed by atoms with Crippen molar-refractivity contribution >= 4 is 17.9 Å². The molecule has 6 heteroatoms. The Morgan fingerprint density at radius 3 is 2.21 bits per heavy atom. The minimum absolute atomic E-state index is 0.0989. The summed E-state index contributed by atoms with van der Waals surface area (Å²) in [5.41, 5.74) is 0. The fourth-order valence-electron chi connectivity index (χ4n) is 2.20. The van der Waals surface area contributed by atoms with Crippen LogP contribution in [0.25, 0.3) is 0 Å². The van der Waals surface area contributed by atoms with E-state index in [9.17, 15) is 14.4 Å². The summed E-state index contributed by atoms with van der Waals surface area (Å²) in [5, 5.41) is 8.44. The number of unbranched alkanes of at least 4 members (excludes halogenated alkanes) is 3. The third kappa shape index (κ3) is 14.0. The second kappa shape index (κ2) is 15.0. The van der Waals surface area contributed by atoms with E-state index in [1.165, 1.54) is 6.42 Å². The molecule has 0 amide bonds. The van der Waals surface area contributed by atoms with E-state index in [-0.39, 0.29) is 25.4 Å². The molecule has 1 atom stereocenters. The fourth-order valence-corrected chi connectivity index (χ4v) is 2.20. The number of carbonyl (C=O) groups excluding carboxylic acids is 2. The zero-order valence-corrected chi connectivity index (χ0v) is 15.1. The Morgan fingerprint density at radius 2 is 1.58 bits per heavy atom. The summed E-state index contributed by atoms with van der Waals surface area (Å²) < 4.78 is 10.2. The molecule has 0 heterocycles. The van der Waals surface area contributed by atoms with E-state index in [0.29, 0.717) is 31.8 Å². The van der Waals surface area contributed by atoms with Gasteiger partial charge in [0.05, 0.1) is 26.1 Å². The molecule has 0 bridgehead atoms. The Balaban J connectivity index is 3.54. The number of ether oxygens (including phenoxy) is 2. The third-order valence-corrected chi connectivity index (χ3v) is 3.85. The average molecular weight is 344 g/mol. The summed E-state index contributed by atoms with van der Waals surface area (Å²) in [6.45, 7) is 5.05. The van der Waals surface area contributed by atoms with Crippen LogP contribution in [0.3, 0.4) is 0 Å². The first kappa shape index (κ1) is 22.4. The van der Waals surface area contributed by atoms with Crippen molar-refractivity contribution in [2.24, 2.45) is 5.92 Å². The van der Waals surface area contributed by atoms with Gasteiger partial charge in [-0.3, -0.25) is 14.4 Å². The number of aliphatic carboxylic acids is 1. The summed E-state index contributed by atoms with van der Waals surface area (Å²) in [6.07, 6.45) is 6.68. The largest absolute Gasteiger partial charge is 0.481 e. The van der Waals surface area contributed by atoms with E-state index >= 15 is 0 Å². The van der Waals surface area contributed by atoms with Crippen LogP contribution in [-0.4, -0.2) is 36.2 Å². The van der Waals surface area contributed by atoms with Gasteiger partial charge < -0.3 is 14.6 Å². The molecule has 140 valence electrons. The molecule has 0 aromatic carbocycles. The van der Waals surface area contributed by atoms with Crippen LogP contribution in [0.15, 0.2) is 0 Å². The van der Waals surface area contributed by atoms with Gasteiger partial charge in [-0.05, 0) is 31.6 Å². The van der Waals surface area contributed by atoms with Gasteiger partial charge in [0.2, 0.25) is 0 Å². The number of hydrogen-bond acceptors (Lipinski definition) is 5. The molecule has 24 heavy (non-hydrogen) atoms. The molecule has 1 unspecified atom stereocenters. The SMILES string of the molecule is CCCCC(CC)COC(=O)CCCCCOC(=O)CCC(=O)O. The van der Waals surface area contributed by atoms with Gasteiger partial charge in [0, 0.05) is 6.42 Å². The Morgan fingerprint density at radius 1 is 0.875 bits per heavy atom. The first-order valence-electron chi connectivity index (χ1n) is 9.02. The molecular weight excluding hydrogens is 312 g/mol. The van der Waals surface area contributed by atoms with Crippen molar-refractivity contribution in [1.29, 1.82) is 0 Å². The lowest BCUT2D eigenvalue weighted by molar-refractivity contribution is -0.148. The van der Waals surface area contributed by atoms with Crippen molar-refractivity contribution in [3.63, 3.8) is 0 Å². The molecule has 0 aromatic rings. The summed E-state index contributed by atoms with van der Waals surface area (Å²) >= 11 is 0. The molecular formula is C18H32O6. The number of carbonyl (C=O) groups is 3. The molecule has 0 rings (SSSR count). The molecule has 0 aliphatic carbocycles. The summed E-state index contributed by atoms with van der Waals surface area (Å²) in [6, 6.07) is 0. The van der Waals surface area contributed by atoms with Crippen LogP contribution in [0, 0.1) is 5.92 Å². The smallest absolute Gasteiger partial charge is 0.306 e. The molecule has 6 nitrogen and oxygen atoms in total. The molecule has 0 aliphatic rings. The van der Waals surface area contributed by atoms with Gasteiger partial charge in [-0.2, -0.15) is 0 Å². The zero-order valence-electron chi connectivity index (χ0n) is 15.1. The first-order chi connectivity index (χ1) is 11.5. The highest BCUT2D eigenvalue weighted by Crippen LogP contribution is 2.13. The van der Waals surface area contributed by atoms with Crippen molar-refractivity contribution in [2.75, 3.05) is 13.2 Å². The minimum Gasteiger partial charge on any atom is -0.481 e. The molecule has 0 fully saturated rings. The summed E-state index contributed by atoms with van der Waals surface area (Å²) in [4.78, 5) is 33.1. The quantitative estimate of drug-likeness (QED) is 0.360. The molecule has 0 aliphatic heterocycles. The van der Waals surface area contributed by atoms with E-state index < -0.39 is 11.9 Å². The maximum Gasteiger partial charge on any atom is 0.306 e. The number of hydrogen-bond donors (Lipinski definition) is 1. The lowest BCUT2D eigenvalue weighted by Crippen LogP contribution is -2.13. The van der Waals surface area contributed by atoms with Crippen LogP contribution in [0.2, 0.25) is 0 Å². The van der Waals surface area contributed by atoms with Crippen molar-refractivity contribution in [3.05, 3.63) is 0 Å². The predicted molar refractivity (Wildman–Crippen MR) is 90.6 cm³/mol. The standard InChI is InChI=1S/C18H32O6/c1-3-5-9-15(4-2)14-24-17(21)10-7-6-8-13-23-18(22)12-11-16(19)20/h15H,3-14H2,1-2H3,(H,19,20). The predicted octanol–water partition coefficient (Wildman–Crippen LogP) is 3.71. The third-order valence-electron chi connectivity index (χ3n) is 3.85. The maximum atomic E-state index is 11.7. The molecule has 0 radical (unpaired) electrons. The lowest BCUT2D eigenvalue weighted by atomic mass is 10.0. The normalized spacial score (nSPS) is 11.8. The summed E-state index contributed by atoms with van der Waals surface area (Å²) in [7, 11) is 0. The highest BCUT2D eigenvalue weighted by molar-refractivity contribution is 5.76. The highest BCUT2D eigenvalue weighted by Gasteiger charge is 2.10. The molecule has 0 saturated heterocycles. The Hall–Kier alpha value is -1.59. The number of carboxylic acid groups (broad SMARTS) is 1. The monoisotopic (exact) mass is 344 g/mol.